The lowest BCUT2D eigenvalue weighted by molar-refractivity contribution is -0.128. The van der Waals surface area contributed by atoms with Crippen LogP contribution in [0.2, 0.25) is 0 Å². The number of fused-ring (bicyclic) bond motifs is 1. The fraction of sp³-hybridized carbons (Fsp3) is 0.500. The molecule has 0 saturated carbocycles. The second-order valence-electron chi connectivity index (χ2n) is 6.60. The van der Waals surface area contributed by atoms with Gasteiger partial charge in [-0.1, -0.05) is 0 Å². The van der Waals surface area contributed by atoms with Crippen molar-refractivity contribution in [1.29, 1.82) is 0 Å². The summed E-state index contributed by atoms with van der Waals surface area (Å²) in [5.41, 5.74) is 2.54. The summed E-state index contributed by atoms with van der Waals surface area (Å²) in [6.45, 7) is 8.38. The van der Waals surface area contributed by atoms with E-state index in [1.165, 1.54) is 0 Å². The molecule has 128 valence electrons. The fourth-order valence-corrected chi connectivity index (χ4v) is 3.19. The van der Waals surface area contributed by atoms with E-state index in [9.17, 15) is 9.59 Å². The predicted octanol–water partition coefficient (Wildman–Crippen LogP) is 2.31. The van der Waals surface area contributed by atoms with Crippen LogP contribution in [0.25, 0.3) is 11.0 Å². The monoisotopic (exact) mass is 328 g/mol. The van der Waals surface area contributed by atoms with Gasteiger partial charge in [0.1, 0.15) is 0 Å². The molecule has 0 radical (unpaired) electrons. The molecule has 6 nitrogen and oxygen atoms in total. The minimum Gasteiger partial charge on any atom is -0.341 e. The van der Waals surface area contributed by atoms with Gasteiger partial charge in [-0.3, -0.25) is 9.59 Å². The molecule has 6 heteroatoms. The van der Waals surface area contributed by atoms with Crippen LogP contribution in [0.3, 0.4) is 0 Å². The number of aromatic nitrogens is 2. The van der Waals surface area contributed by atoms with Crippen LogP contribution in [0, 0.1) is 0 Å². The van der Waals surface area contributed by atoms with Crippen LogP contribution >= 0.6 is 0 Å². The van der Waals surface area contributed by atoms with Crippen molar-refractivity contribution in [3.63, 3.8) is 0 Å². The maximum atomic E-state index is 12.8. The lowest BCUT2D eigenvalue weighted by atomic mass is 10.1. The van der Waals surface area contributed by atoms with Gasteiger partial charge >= 0.3 is 0 Å². The summed E-state index contributed by atoms with van der Waals surface area (Å²) < 4.78 is 2.10. The molecule has 1 aliphatic rings. The minimum atomic E-state index is 0.0152. The molecular formula is C18H24N4O2. The standard InChI is InChI=1S/C18H24N4O2/c1-13(2)22-12-19-16-11-15(5-6-17(16)22)18(24)21-8-4-7-20(9-10-21)14(3)23/h5-6,11-13H,4,7-10H2,1-3H3. The van der Waals surface area contributed by atoms with Crippen LogP contribution in [0.5, 0.6) is 0 Å². The summed E-state index contributed by atoms with van der Waals surface area (Å²) in [6.07, 6.45) is 2.63. The topological polar surface area (TPSA) is 58.4 Å². The molecule has 1 fully saturated rings. The van der Waals surface area contributed by atoms with Crippen LogP contribution in [0.4, 0.5) is 0 Å². The Morgan fingerprint density at radius 2 is 1.79 bits per heavy atom. The van der Waals surface area contributed by atoms with Crippen molar-refractivity contribution >= 4 is 22.8 Å². The molecule has 1 aromatic heterocycles. The van der Waals surface area contributed by atoms with Gasteiger partial charge in [-0.05, 0) is 38.5 Å². The summed E-state index contributed by atoms with van der Waals surface area (Å²) in [6, 6.07) is 6.04. The summed E-state index contributed by atoms with van der Waals surface area (Å²) in [5, 5.41) is 0. The van der Waals surface area contributed by atoms with Crippen molar-refractivity contribution in [2.24, 2.45) is 0 Å². The largest absolute Gasteiger partial charge is 0.341 e. The van der Waals surface area contributed by atoms with Crippen LogP contribution in [0.15, 0.2) is 24.5 Å². The maximum absolute atomic E-state index is 12.8. The minimum absolute atomic E-state index is 0.0152. The summed E-state index contributed by atoms with van der Waals surface area (Å²) in [4.78, 5) is 32.4. The van der Waals surface area contributed by atoms with Gasteiger partial charge in [0.25, 0.3) is 5.91 Å². The molecule has 3 rings (SSSR count). The zero-order valence-corrected chi connectivity index (χ0v) is 14.5. The Morgan fingerprint density at radius 1 is 1.08 bits per heavy atom. The molecule has 1 aromatic carbocycles. The highest BCUT2D eigenvalue weighted by Crippen LogP contribution is 2.20. The first-order valence-electron chi connectivity index (χ1n) is 8.48. The molecular weight excluding hydrogens is 304 g/mol. The van der Waals surface area contributed by atoms with Crippen LogP contribution in [-0.4, -0.2) is 57.3 Å². The summed E-state index contributed by atoms with van der Waals surface area (Å²) in [7, 11) is 0. The smallest absolute Gasteiger partial charge is 0.253 e. The molecule has 0 bridgehead atoms. The number of hydrogen-bond donors (Lipinski definition) is 0. The summed E-state index contributed by atoms with van der Waals surface area (Å²) in [5.74, 6) is 0.0892. The third-order valence-electron chi connectivity index (χ3n) is 4.61. The molecule has 24 heavy (non-hydrogen) atoms. The first-order chi connectivity index (χ1) is 11.5. The van der Waals surface area contributed by atoms with Crippen molar-refractivity contribution in [3.05, 3.63) is 30.1 Å². The first-order valence-corrected chi connectivity index (χ1v) is 8.48. The molecule has 0 atom stereocenters. The SMILES string of the molecule is CC(=O)N1CCCN(C(=O)c2ccc3c(c2)ncn3C(C)C)CC1. The number of hydrogen-bond acceptors (Lipinski definition) is 3. The number of imidazole rings is 1. The van der Waals surface area contributed by atoms with Crippen molar-refractivity contribution in [3.8, 4) is 0 Å². The van der Waals surface area contributed by atoms with Crippen molar-refractivity contribution in [2.45, 2.75) is 33.2 Å². The Kier molecular flexibility index (Phi) is 4.55. The highest BCUT2D eigenvalue weighted by Gasteiger charge is 2.21. The lowest BCUT2D eigenvalue weighted by Crippen LogP contribution is -2.36. The first kappa shape index (κ1) is 16.5. The van der Waals surface area contributed by atoms with E-state index in [0.29, 0.717) is 31.2 Å². The molecule has 2 amide bonds. The number of carbonyl (C=O) groups is 2. The lowest BCUT2D eigenvalue weighted by Gasteiger charge is -2.21. The Bertz CT molecular complexity index is 765. The number of amides is 2. The van der Waals surface area contributed by atoms with E-state index in [2.05, 4.69) is 23.4 Å². The number of benzene rings is 1. The second-order valence-corrected chi connectivity index (χ2v) is 6.60. The molecule has 1 aliphatic heterocycles. The molecule has 0 aliphatic carbocycles. The number of nitrogens with zero attached hydrogens (tertiary/aromatic N) is 4. The zero-order chi connectivity index (χ0) is 17.3. The van der Waals surface area contributed by atoms with Crippen molar-refractivity contribution in [2.75, 3.05) is 26.2 Å². The normalized spacial score (nSPS) is 15.8. The number of rotatable bonds is 2. The predicted molar refractivity (Wildman–Crippen MR) is 92.9 cm³/mol. The molecule has 0 N–H and O–H groups in total. The Labute approximate surface area is 142 Å². The van der Waals surface area contributed by atoms with Gasteiger partial charge in [-0.15, -0.1) is 0 Å². The maximum Gasteiger partial charge on any atom is 0.253 e. The average molecular weight is 328 g/mol. The summed E-state index contributed by atoms with van der Waals surface area (Å²) >= 11 is 0. The fourth-order valence-electron chi connectivity index (χ4n) is 3.19. The van der Waals surface area contributed by atoms with E-state index >= 15 is 0 Å². The highest BCUT2D eigenvalue weighted by molar-refractivity contribution is 5.97. The molecule has 1 saturated heterocycles. The molecule has 2 aromatic rings. The molecule has 0 unspecified atom stereocenters. The Balaban J connectivity index is 1.79. The molecule has 2 heterocycles. The van der Waals surface area contributed by atoms with Gasteiger partial charge in [0, 0.05) is 44.7 Å². The zero-order valence-electron chi connectivity index (χ0n) is 14.5. The van der Waals surface area contributed by atoms with Gasteiger partial charge in [0.2, 0.25) is 5.91 Å². The number of carbonyl (C=O) groups excluding carboxylic acids is 2. The Morgan fingerprint density at radius 3 is 2.50 bits per heavy atom. The third kappa shape index (κ3) is 3.13. The van der Waals surface area contributed by atoms with E-state index < -0.39 is 0 Å². The van der Waals surface area contributed by atoms with E-state index in [4.69, 9.17) is 0 Å². The highest BCUT2D eigenvalue weighted by atomic mass is 16.2. The van der Waals surface area contributed by atoms with Crippen molar-refractivity contribution in [1.82, 2.24) is 19.4 Å². The van der Waals surface area contributed by atoms with Gasteiger partial charge in [-0.2, -0.15) is 0 Å². The van der Waals surface area contributed by atoms with Gasteiger partial charge in [-0.25, -0.2) is 4.98 Å². The van der Waals surface area contributed by atoms with Gasteiger partial charge < -0.3 is 14.4 Å². The van der Waals surface area contributed by atoms with Crippen molar-refractivity contribution < 1.29 is 9.59 Å². The third-order valence-corrected chi connectivity index (χ3v) is 4.61. The molecule has 0 spiro atoms. The van der Waals surface area contributed by atoms with E-state index in [0.717, 1.165) is 24.0 Å². The quantitative estimate of drug-likeness (QED) is 0.850. The Hall–Kier alpha value is -2.37. The second kappa shape index (κ2) is 6.63. The van der Waals surface area contributed by atoms with Crippen LogP contribution < -0.4 is 0 Å². The van der Waals surface area contributed by atoms with E-state index in [-0.39, 0.29) is 11.8 Å². The van der Waals surface area contributed by atoms with Gasteiger partial charge in [0.15, 0.2) is 0 Å². The van der Waals surface area contributed by atoms with Crippen LogP contribution in [-0.2, 0) is 4.79 Å². The van der Waals surface area contributed by atoms with E-state index in [1.54, 1.807) is 11.8 Å². The van der Waals surface area contributed by atoms with Crippen LogP contribution in [0.1, 0.15) is 43.6 Å². The van der Waals surface area contributed by atoms with Gasteiger partial charge in [0.05, 0.1) is 17.4 Å². The average Bonchev–Trinajstić information content (AvgIpc) is 2.82. The van der Waals surface area contributed by atoms with E-state index in [1.807, 2.05) is 29.4 Å².